The maximum Gasteiger partial charge on any atom is 0.281 e. The van der Waals surface area contributed by atoms with Crippen LogP contribution in [0.2, 0.25) is 0 Å². The third-order valence-corrected chi connectivity index (χ3v) is 4.69. The number of hydrogen-bond donors (Lipinski definition) is 0. The maximum absolute atomic E-state index is 13.1. The summed E-state index contributed by atoms with van der Waals surface area (Å²) in [5, 5.41) is 4.51. The number of fused-ring (bicyclic) bond motifs is 1. The summed E-state index contributed by atoms with van der Waals surface area (Å²) in [5.41, 5.74) is 2.25. The van der Waals surface area contributed by atoms with E-state index in [-0.39, 0.29) is 5.56 Å². The van der Waals surface area contributed by atoms with Crippen LogP contribution in [-0.2, 0) is 13.5 Å². The van der Waals surface area contributed by atoms with Gasteiger partial charge in [0.05, 0.1) is 24.1 Å². The van der Waals surface area contributed by atoms with Gasteiger partial charge in [-0.1, -0.05) is 26.0 Å². The molecule has 3 aromatic heterocycles. The molecule has 1 aromatic carbocycles. The first kappa shape index (κ1) is 18.8. The van der Waals surface area contributed by atoms with E-state index in [1.807, 2.05) is 31.2 Å². The molecule has 0 aliphatic heterocycles. The first-order valence-electron chi connectivity index (χ1n) is 9.62. The van der Waals surface area contributed by atoms with Crippen molar-refractivity contribution in [3.8, 4) is 23.0 Å². The average Bonchev–Trinajstić information content (AvgIpc) is 3.14. The van der Waals surface area contributed by atoms with Crippen molar-refractivity contribution < 1.29 is 4.74 Å². The van der Waals surface area contributed by atoms with Crippen LogP contribution in [0.3, 0.4) is 0 Å². The summed E-state index contributed by atoms with van der Waals surface area (Å²) in [4.78, 5) is 26.4. The van der Waals surface area contributed by atoms with Gasteiger partial charge in [-0.15, -0.1) is 0 Å². The molecular formula is C21H22N6O2. The molecule has 4 aromatic rings. The third kappa shape index (κ3) is 3.26. The summed E-state index contributed by atoms with van der Waals surface area (Å²) in [5.74, 6) is 1.80. The zero-order valence-electron chi connectivity index (χ0n) is 16.7. The van der Waals surface area contributed by atoms with Crippen LogP contribution in [0.25, 0.3) is 28.2 Å². The smallest absolute Gasteiger partial charge is 0.281 e. The minimum Gasteiger partial charge on any atom is -0.493 e. The predicted octanol–water partition coefficient (Wildman–Crippen LogP) is 2.93. The molecule has 0 aliphatic rings. The number of para-hydroxylation sites is 1. The number of benzene rings is 1. The lowest BCUT2D eigenvalue weighted by molar-refractivity contribution is 0.318. The van der Waals surface area contributed by atoms with Gasteiger partial charge in [0, 0.05) is 19.4 Å². The molecule has 0 saturated heterocycles. The standard InChI is InChI=1S/C21H22N6O2/c1-4-12-29-16-9-7-6-8-14(16)20-24-18-15(5-2)27(17-13-22-10-11-23-17)25-19(18)21(28)26(20)3/h6-11,13H,4-5,12H2,1-3H3. The highest BCUT2D eigenvalue weighted by molar-refractivity contribution is 5.80. The van der Waals surface area contributed by atoms with Crippen LogP contribution in [0.5, 0.6) is 5.75 Å². The van der Waals surface area contributed by atoms with Crippen molar-refractivity contribution in [2.45, 2.75) is 26.7 Å². The van der Waals surface area contributed by atoms with E-state index >= 15 is 0 Å². The van der Waals surface area contributed by atoms with Crippen molar-refractivity contribution in [2.75, 3.05) is 6.61 Å². The summed E-state index contributed by atoms with van der Waals surface area (Å²) >= 11 is 0. The second-order valence-electron chi connectivity index (χ2n) is 6.62. The third-order valence-electron chi connectivity index (χ3n) is 4.69. The minimum absolute atomic E-state index is 0.215. The monoisotopic (exact) mass is 390 g/mol. The van der Waals surface area contributed by atoms with Crippen LogP contribution in [-0.4, -0.2) is 35.9 Å². The Morgan fingerprint density at radius 3 is 2.66 bits per heavy atom. The highest BCUT2D eigenvalue weighted by Crippen LogP contribution is 2.29. The molecule has 0 radical (unpaired) electrons. The van der Waals surface area contributed by atoms with Crippen LogP contribution < -0.4 is 10.3 Å². The normalized spacial score (nSPS) is 11.1. The lowest BCUT2D eigenvalue weighted by Crippen LogP contribution is -2.20. The fraction of sp³-hybridized carbons (Fsp3) is 0.286. The number of hydrogen-bond acceptors (Lipinski definition) is 6. The van der Waals surface area contributed by atoms with E-state index < -0.39 is 0 Å². The molecule has 0 spiro atoms. The molecule has 0 bridgehead atoms. The SMILES string of the molecule is CCCOc1ccccc1-c1nc2c(CC)n(-c3cnccn3)nc2c(=O)n1C. The number of aromatic nitrogens is 6. The fourth-order valence-electron chi connectivity index (χ4n) is 3.28. The van der Waals surface area contributed by atoms with Crippen molar-refractivity contribution in [3.63, 3.8) is 0 Å². The molecule has 0 N–H and O–H groups in total. The first-order valence-corrected chi connectivity index (χ1v) is 9.62. The molecule has 3 heterocycles. The molecule has 148 valence electrons. The summed E-state index contributed by atoms with van der Waals surface area (Å²) < 4.78 is 9.05. The average molecular weight is 390 g/mol. The van der Waals surface area contributed by atoms with Gasteiger partial charge in [0.2, 0.25) is 0 Å². The van der Waals surface area contributed by atoms with Gasteiger partial charge in [-0.3, -0.25) is 14.3 Å². The number of ether oxygens (including phenoxy) is 1. The molecule has 0 saturated carbocycles. The van der Waals surface area contributed by atoms with E-state index in [4.69, 9.17) is 9.72 Å². The molecule has 0 unspecified atom stereocenters. The molecular weight excluding hydrogens is 368 g/mol. The van der Waals surface area contributed by atoms with E-state index in [9.17, 15) is 4.79 Å². The largest absolute Gasteiger partial charge is 0.493 e. The van der Waals surface area contributed by atoms with E-state index in [1.54, 1.807) is 30.3 Å². The van der Waals surface area contributed by atoms with Gasteiger partial charge < -0.3 is 4.74 Å². The Bertz CT molecular complexity index is 1210. The molecule has 0 atom stereocenters. The van der Waals surface area contributed by atoms with Gasteiger partial charge in [0.25, 0.3) is 5.56 Å². The van der Waals surface area contributed by atoms with Gasteiger partial charge in [-0.2, -0.15) is 5.10 Å². The lowest BCUT2D eigenvalue weighted by Gasteiger charge is -2.13. The number of rotatable bonds is 6. The van der Waals surface area contributed by atoms with Crippen molar-refractivity contribution in [3.05, 3.63) is 58.9 Å². The van der Waals surface area contributed by atoms with Crippen molar-refractivity contribution in [2.24, 2.45) is 7.05 Å². The highest BCUT2D eigenvalue weighted by atomic mass is 16.5. The van der Waals surface area contributed by atoms with Crippen LogP contribution >= 0.6 is 0 Å². The molecule has 0 amide bonds. The second kappa shape index (κ2) is 7.83. The molecule has 8 heteroatoms. The Morgan fingerprint density at radius 1 is 1.10 bits per heavy atom. The number of aryl methyl sites for hydroxylation is 1. The van der Waals surface area contributed by atoms with Gasteiger partial charge in [-0.05, 0) is 25.0 Å². The molecule has 0 aliphatic carbocycles. The number of nitrogens with zero attached hydrogens (tertiary/aromatic N) is 6. The Labute approximate surface area is 167 Å². The zero-order valence-corrected chi connectivity index (χ0v) is 16.7. The van der Waals surface area contributed by atoms with Gasteiger partial charge in [-0.25, -0.2) is 14.6 Å². The van der Waals surface area contributed by atoms with E-state index in [0.29, 0.717) is 41.5 Å². The quantitative estimate of drug-likeness (QED) is 0.503. The van der Waals surface area contributed by atoms with Crippen LogP contribution in [0, 0.1) is 0 Å². The summed E-state index contributed by atoms with van der Waals surface area (Å²) in [6.45, 7) is 4.65. The summed E-state index contributed by atoms with van der Waals surface area (Å²) in [6.07, 6.45) is 6.34. The molecule has 0 fully saturated rings. The van der Waals surface area contributed by atoms with Crippen molar-refractivity contribution in [1.82, 2.24) is 29.3 Å². The summed E-state index contributed by atoms with van der Waals surface area (Å²) in [6, 6.07) is 7.63. The first-order chi connectivity index (χ1) is 14.2. The fourth-order valence-corrected chi connectivity index (χ4v) is 3.28. The van der Waals surface area contributed by atoms with Crippen molar-refractivity contribution in [1.29, 1.82) is 0 Å². The Kier molecular flexibility index (Phi) is 5.07. The zero-order chi connectivity index (χ0) is 20.4. The summed E-state index contributed by atoms with van der Waals surface area (Å²) in [7, 11) is 1.70. The van der Waals surface area contributed by atoms with Crippen LogP contribution in [0.15, 0.2) is 47.7 Å². The second-order valence-corrected chi connectivity index (χ2v) is 6.62. The molecule has 29 heavy (non-hydrogen) atoms. The lowest BCUT2D eigenvalue weighted by atomic mass is 10.1. The van der Waals surface area contributed by atoms with Crippen LogP contribution in [0.4, 0.5) is 0 Å². The Hall–Kier alpha value is -3.55. The minimum atomic E-state index is -0.215. The van der Waals surface area contributed by atoms with E-state index in [2.05, 4.69) is 22.0 Å². The van der Waals surface area contributed by atoms with E-state index in [1.165, 1.54) is 4.57 Å². The van der Waals surface area contributed by atoms with Crippen LogP contribution in [0.1, 0.15) is 26.0 Å². The molecule has 8 nitrogen and oxygen atoms in total. The molecule has 4 rings (SSSR count). The highest BCUT2D eigenvalue weighted by Gasteiger charge is 2.21. The van der Waals surface area contributed by atoms with Gasteiger partial charge in [0.15, 0.2) is 11.3 Å². The van der Waals surface area contributed by atoms with E-state index in [0.717, 1.165) is 17.7 Å². The predicted molar refractivity (Wildman–Crippen MR) is 110 cm³/mol. The van der Waals surface area contributed by atoms with Gasteiger partial charge in [0.1, 0.15) is 17.1 Å². The van der Waals surface area contributed by atoms with Crippen molar-refractivity contribution >= 4 is 11.0 Å². The van der Waals surface area contributed by atoms with Gasteiger partial charge >= 0.3 is 0 Å². The Morgan fingerprint density at radius 2 is 1.93 bits per heavy atom. The maximum atomic E-state index is 13.1. The Balaban J connectivity index is 1.97. The topological polar surface area (TPSA) is 87.7 Å².